The second-order valence-electron chi connectivity index (χ2n) is 9.72. The fraction of sp³-hybridized carbons (Fsp3) is 0.308. The summed E-state index contributed by atoms with van der Waals surface area (Å²) in [6.07, 6.45) is 6.20. The van der Waals surface area contributed by atoms with Gasteiger partial charge in [-0.15, -0.1) is 0 Å². The predicted molar refractivity (Wildman–Crippen MR) is 140 cm³/mol. The number of carbonyl (C=O) groups excluding carboxylic acids is 1. The molecule has 1 spiro atoms. The Morgan fingerprint density at radius 2 is 1.97 bits per heavy atom. The highest BCUT2D eigenvalue weighted by atomic mass is 35.5. The summed E-state index contributed by atoms with van der Waals surface area (Å²) in [6.45, 7) is 9.03. The minimum absolute atomic E-state index is 0.0133. The van der Waals surface area contributed by atoms with E-state index in [1.807, 2.05) is 24.8 Å². The molecule has 1 aliphatic heterocycles. The van der Waals surface area contributed by atoms with Crippen molar-refractivity contribution in [3.05, 3.63) is 58.9 Å². The topological polar surface area (TPSA) is 127 Å². The van der Waals surface area contributed by atoms with Crippen molar-refractivity contribution in [2.75, 3.05) is 24.6 Å². The van der Waals surface area contributed by atoms with E-state index in [0.717, 1.165) is 54.0 Å². The molecule has 180 valence electrons. The normalized spacial score (nSPS) is 16.6. The smallest absolute Gasteiger partial charge is 0.245 e. The van der Waals surface area contributed by atoms with E-state index in [9.17, 15) is 4.79 Å². The van der Waals surface area contributed by atoms with E-state index < -0.39 is 0 Å². The van der Waals surface area contributed by atoms with Crippen molar-refractivity contribution in [3.8, 4) is 22.4 Å². The zero-order chi connectivity index (χ0) is 25.1. The molecule has 5 rings (SSSR count). The van der Waals surface area contributed by atoms with E-state index >= 15 is 0 Å². The van der Waals surface area contributed by atoms with Gasteiger partial charge >= 0.3 is 0 Å². The molecular formula is C26H28ClN7O. The summed E-state index contributed by atoms with van der Waals surface area (Å²) in [5, 5.41) is 13.6. The van der Waals surface area contributed by atoms with Gasteiger partial charge in [0, 0.05) is 64.6 Å². The summed E-state index contributed by atoms with van der Waals surface area (Å²) >= 11 is 6.84. The lowest BCUT2D eigenvalue weighted by molar-refractivity contribution is -0.149. The van der Waals surface area contributed by atoms with Crippen LogP contribution in [0.1, 0.15) is 35.7 Å². The fourth-order valence-corrected chi connectivity index (χ4v) is 5.83. The molecule has 9 heteroatoms. The number of amides is 1. The molecule has 3 aromatic rings. The van der Waals surface area contributed by atoms with Crippen molar-refractivity contribution in [2.24, 2.45) is 5.41 Å². The van der Waals surface area contributed by atoms with Crippen molar-refractivity contribution in [1.82, 2.24) is 19.7 Å². The van der Waals surface area contributed by atoms with E-state index in [1.165, 1.54) is 12.3 Å². The number of benzene rings is 1. The number of likely N-dealkylation sites (tertiary alicyclic amines) is 1. The Balaban J connectivity index is 1.60. The first-order valence-corrected chi connectivity index (χ1v) is 11.9. The van der Waals surface area contributed by atoms with E-state index in [4.69, 9.17) is 33.6 Å². The number of rotatable bonds is 5. The van der Waals surface area contributed by atoms with Crippen molar-refractivity contribution in [2.45, 2.75) is 32.7 Å². The largest absolute Gasteiger partial charge is 0.398 e. The monoisotopic (exact) mass is 489 g/mol. The van der Waals surface area contributed by atoms with Crippen LogP contribution in [0.4, 0.5) is 11.5 Å². The zero-order valence-corrected chi connectivity index (χ0v) is 20.6. The molecule has 1 aromatic carbocycles. The second-order valence-corrected chi connectivity index (χ2v) is 10.1. The average molecular weight is 490 g/mol. The highest BCUT2D eigenvalue weighted by Gasteiger charge is 2.54. The average Bonchev–Trinajstić information content (AvgIpc) is 3.11. The van der Waals surface area contributed by atoms with Crippen LogP contribution in [-0.4, -0.2) is 44.9 Å². The molecule has 0 bridgehead atoms. The van der Waals surface area contributed by atoms with E-state index in [0.29, 0.717) is 27.7 Å². The number of nitrogens with one attached hydrogen (secondary N) is 1. The van der Waals surface area contributed by atoms with Crippen molar-refractivity contribution in [1.29, 1.82) is 5.41 Å². The number of hydrogen-bond donors (Lipinski definition) is 3. The molecule has 1 saturated carbocycles. The number of anilines is 2. The number of halogens is 1. The molecular weight excluding hydrogens is 462 g/mol. The van der Waals surface area contributed by atoms with Gasteiger partial charge < -0.3 is 21.8 Å². The van der Waals surface area contributed by atoms with Crippen LogP contribution in [0.15, 0.2) is 37.1 Å². The molecule has 0 atom stereocenters. The zero-order valence-electron chi connectivity index (χ0n) is 19.8. The molecule has 35 heavy (non-hydrogen) atoms. The van der Waals surface area contributed by atoms with Crippen LogP contribution in [-0.2, 0) is 4.79 Å². The molecule has 2 fully saturated rings. The van der Waals surface area contributed by atoms with Crippen LogP contribution >= 0.6 is 11.6 Å². The standard InChI is InChI=1S/C26H28ClN7O/c1-4-21(35)33-12-26(13-33)8-17(9-26)34-15(3)22(25(32-34)16-5-6-20(30)31-11-16)23-18(10-28)19(29)7-14(2)24(23)27/h4-7,10-11,17,28H,1,8-9,12-13,29H2,2-3H3,(H2,30,31). The van der Waals surface area contributed by atoms with Crippen molar-refractivity contribution < 1.29 is 4.79 Å². The molecule has 2 aromatic heterocycles. The molecule has 0 radical (unpaired) electrons. The third-order valence-electron chi connectivity index (χ3n) is 7.34. The van der Waals surface area contributed by atoms with Gasteiger partial charge in [-0.2, -0.15) is 5.10 Å². The highest BCUT2D eigenvalue weighted by molar-refractivity contribution is 6.35. The van der Waals surface area contributed by atoms with Crippen LogP contribution in [0, 0.1) is 24.7 Å². The van der Waals surface area contributed by atoms with Crippen LogP contribution in [0.3, 0.4) is 0 Å². The van der Waals surface area contributed by atoms with Crippen LogP contribution in [0.25, 0.3) is 22.4 Å². The number of hydrogen-bond acceptors (Lipinski definition) is 6. The number of nitrogen functional groups attached to an aromatic ring is 2. The molecule has 2 aliphatic rings. The van der Waals surface area contributed by atoms with Crippen LogP contribution < -0.4 is 11.5 Å². The van der Waals surface area contributed by atoms with E-state index in [2.05, 4.69) is 16.2 Å². The summed E-state index contributed by atoms with van der Waals surface area (Å²) in [6, 6.07) is 5.63. The maximum Gasteiger partial charge on any atom is 0.245 e. The molecule has 5 N–H and O–H groups in total. The van der Waals surface area contributed by atoms with Gasteiger partial charge in [0.15, 0.2) is 0 Å². The van der Waals surface area contributed by atoms with E-state index in [1.54, 1.807) is 18.3 Å². The Labute approximate surface area is 209 Å². The Kier molecular flexibility index (Phi) is 5.44. The lowest BCUT2D eigenvalue weighted by Gasteiger charge is -2.58. The Bertz CT molecular complexity index is 1360. The molecule has 0 unspecified atom stereocenters. The first-order valence-electron chi connectivity index (χ1n) is 11.5. The number of aromatic nitrogens is 3. The van der Waals surface area contributed by atoms with Gasteiger partial charge in [-0.1, -0.05) is 18.2 Å². The molecule has 1 saturated heterocycles. The minimum Gasteiger partial charge on any atom is -0.398 e. The number of nitrogens with two attached hydrogens (primary N) is 2. The first-order chi connectivity index (χ1) is 16.7. The van der Waals surface area contributed by atoms with Crippen molar-refractivity contribution in [3.63, 3.8) is 0 Å². The van der Waals surface area contributed by atoms with Crippen LogP contribution in [0.2, 0.25) is 5.02 Å². The van der Waals surface area contributed by atoms with Gasteiger partial charge in [-0.05, 0) is 56.5 Å². The van der Waals surface area contributed by atoms with Gasteiger partial charge in [-0.3, -0.25) is 9.48 Å². The summed E-state index contributed by atoms with van der Waals surface area (Å²) < 4.78 is 2.06. The number of carbonyl (C=O) groups is 1. The van der Waals surface area contributed by atoms with E-state index in [-0.39, 0.29) is 17.4 Å². The predicted octanol–water partition coefficient (Wildman–Crippen LogP) is 4.39. The molecule has 1 amide bonds. The number of aryl methyl sites for hydroxylation is 1. The Morgan fingerprint density at radius 3 is 2.57 bits per heavy atom. The lowest BCUT2D eigenvalue weighted by atomic mass is 9.60. The van der Waals surface area contributed by atoms with Crippen LogP contribution in [0.5, 0.6) is 0 Å². The maximum atomic E-state index is 11.9. The summed E-state index contributed by atoms with van der Waals surface area (Å²) in [5.74, 6) is 0.412. The lowest BCUT2D eigenvalue weighted by Crippen LogP contribution is -2.63. The summed E-state index contributed by atoms with van der Waals surface area (Å²) in [5.41, 5.74) is 18.2. The fourth-order valence-electron chi connectivity index (χ4n) is 5.57. The maximum absolute atomic E-state index is 11.9. The number of pyridine rings is 1. The summed E-state index contributed by atoms with van der Waals surface area (Å²) in [7, 11) is 0. The quantitative estimate of drug-likeness (QED) is 0.278. The minimum atomic E-state index is -0.0133. The summed E-state index contributed by atoms with van der Waals surface area (Å²) in [4.78, 5) is 18.0. The Hall–Kier alpha value is -3.65. The van der Waals surface area contributed by atoms with Gasteiger partial charge in [-0.25, -0.2) is 4.98 Å². The van der Waals surface area contributed by atoms with Gasteiger partial charge in [0.05, 0.1) is 11.1 Å². The molecule has 1 aliphatic carbocycles. The molecule has 3 heterocycles. The van der Waals surface area contributed by atoms with Gasteiger partial charge in [0.2, 0.25) is 5.91 Å². The van der Waals surface area contributed by atoms with Gasteiger partial charge in [0.25, 0.3) is 0 Å². The second kappa shape index (κ2) is 8.23. The molecule has 8 nitrogen and oxygen atoms in total. The Morgan fingerprint density at radius 1 is 1.26 bits per heavy atom. The van der Waals surface area contributed by atoms with Gasteiger partial charge in [0.1, 0.15) is 11.5 Å². The third-order valence-corrected chi connectivity index (χ3v) is 7.83. The third kappa shape index (κ3) is 3.60. The first kappa shape index (κ1) is 23.1. The van der Waals surface area contributed by atoms with Crippen molar-refractivity contribution >= 4 is 35.2 Å². The SMILES string of the molecule is C=CC(=O)N1CC2(CC(n3nc(-c4ccc(N)nc4)c(-c4c(Cl)c(C)cc(N)c4C=N)c3C)C2)C1. The highest BCUT2D eigenvalue weighted by Crippen LogP contribution is 2.55. The number of nitrogens with zero attached hydrogens (tertiary/aromatic N) is 4.